The lowest BCUT2D eigenvalue weighted by Crippen LogP contribution is -2.36. The molecule has 0 unspecified atom stereocenters. The van der Waals surface area contributed by atoms with Crippen LogP contribution in [0.5, 0.6) is 0 Å². The SMILES string of the molecule is CC(C)C[C@@H](N)C(=O)Nc1c(Cl)cc(F)cc1Cl. The van der Waals surface area contributed by atoms with Crippen molar-refractivity contribution >= 4 is 34.8 Å². The van der Waals surface area contributed by atoms with Gasteiger partial charge in [-0.2, -0.15) is 0 Å². The number of halogens is 3. The normalized spacial score (nSPS) is 12.6. The number of carbonyl (C=O) groups excluding carboxylic acids is 1. The van der Waals surface area contributed by atoms with E-state index in [2.05, 4.69) is 5.32 Å². The molecule has 0 fully saturated rings. The summed E-state index contributed by atoms with van der Waals surface area (Å²) in [5.74, 6) is -0.654. The van der Waals surface area contributed by atoms with Gasteiger partial charge in [-0.15, -0.1) is 0 Å². The van der Waals surface area contributed by atoms with E-state index in [1.54, 1.807) is 0 Å². The molecule has 1 aromatic rings. The van der Waals surface area contributed by atoms with Crippen LogP contribution in [0.2, 0.25) is 10.0 Å². The minimum atomic E-state index is -0.651. The molecule has 0 aliphatic rings. The summed E-state index contributed by atoms with van der Waals surface area (Å²) in [5, 5.41) is 2.61. The molecule has 0 aliphatic carbocycles. The van der Waals surface area contributed by atoms with Crippen molar-refractivity contribution in [3.05, 3.63) is 28.0 Å². The lowest BCUT2D eigenvalue weighted by molar-refractivity contribution is -0.117. The Hall–Kier alpha value is -0.840. The first-order valence-electron chi connectivity index (χ1n) is 5.52. The quantitative estimate of drug-likeness (QED) is 0.893. The van der Waals surface area contributed by atoms with Crippen molar-refractivity contribution in [1.82, 2.24) is 0 Å². The van der Waals surface area contributed by atoms with Crippen LogP contribution >= 0.6 is 23.2 Å². The minimum absolute atomic E-state index is 0.0464. The molecule has 0 saturated carbocycles. The van der Waals surface area contributed by atoms with Gasteiger partial charge in [0.25, 0.3) is 0 Å². The summed E-state index contributed by atoms with van der Waals surface area (Å²) < 4.78 is 13.0. The maximum Gasteiger partial charge on any atom is 0.241 e. The summed E-state index contributed by atoms with van der Waals surface area (Å²) in [6, 6.07) is 1.51. The van der Waals surface area contributed by atoms with E-state index in [0.29, 0.717) is 12.3 Å². The Balaban J connectivity index is 2.82. The fraction of sp³-hybridized carbons (Fsp3) is 0.417. The number of hydrogen-bond donors (Lipinski definition) is 2. The zero-order valence-corrected chi connectivity index (χ0v) is 11.6. The largest absolute Gasteiger partial charge is 0.322 e. The molecule has 0 spiro atoms. The van der Waals surface area contributed by atoms with Crippen LogP contribution in [0.3, 0.4) is 0 Å². The molecule has 1 amide bonds. The van der Waals surface area contributed by atoms with Gasteiger partial charge in [0.15, 0.2) is 0 Å². The second kappa shape index (κ2) is 6.36. The van der Waals surface area contributed by atoms with Crippen LogP contribution in [0, 0.1) is 11.7 Å². The van der Waals surface area contributed by atoms with Crippen LogP contribution in [0.1, 0.15) is 20.3 Å². The Morgan fingerprint density at radius 2 is 1.89 bits per heavy atom. The molecule has 100 valence electrons. The highest BCUT2D eigenvalue weighted by Gasteiger charge is 2.18. The van der Waals surface area contributed by atoms with Gasteiger partial charge >= 0.3 is 0 Å². The van der Waals surface area contributed by atoms with Crippen LogP contribution in [-0.4, -0.2) is 11.9 Å². The van der Waals surface area contributed by atoms with Crippen molar-refractivity contribution in [2.45, 2.75) is 26.3 Å². The zero-order valence-electron chi connectivity index (χ0n) is 10.1. The highest BCUT2D eigenvalue weighted by Crippen LogP contribution is 2.31. The van der Waals surface area contributed by atoms with Crippen LogP contribution in [0.15, 0.2) is 12.1 Å². The second-order valence-electron chi connectivity index (χ2n) is 4.47. The van der Waals surface area contributed by atoms with E-state index >= 15 is 0 Å². The fourth-order valence-electron chi connectivity index (χ4n) is 1.49. The first-order chi connectivity index (χ1) is 8.31. The van der Waals surface area contributed by atoms with Crippen molar-refractivity contribution in [1.29, 1.82) is 0 Å². The molecule has 0 aromatic heterocycles. The zero-order chi connectivity index (χ0) is 13.9. The Kier molecular flexibility index (Phi) is 5.38. The number of amides is 1. The standard InChI is InChI=1S/C12H15Cl2FN2O/c1-6(2)3-10(16)12(18)17-11-8(13)4-7(15)5-9(11)14/h4-6,10H,3,16H2,1-2H3,(H,17,18)/t10-/m1/s1. The van der Waals surface area contributed by atoms with E-state index in [1.165, 1.54) is 0 Å². The van der Waals surface area contributed by atoms with Crippen LogP contribution in [0.4, 0.5) is 10.1 Å². The van der Waals surface area contributed by atoms with E-state index in [9.17, 15) is 9.18 Å². The van der Waals surface area contributed by atoms with Crippen molar-refractivity contribution in [2.75, 3.05) is 5.32 Å². The lowest BCUT2D eigenvalue weighted by Gasteiger charge is -2.15. The van der Waals surface area contributed by atoms with Gasteiger partial charge in [-0.3, -0.25) is 4.79 Å². The molecule has 1 rings (SSSR count). The van der Waals surface area contributed by atoms with Gasteiger partial charge in [0, 0.05) is 0 Å². The predicted octanol–water partition coefficient (Wildman–Crippen LogP) is 3.44. The van der Waals surface area contributed by atoms with Crippen molar-refractivity contribution in [3.8, 4) is 0 Å². The molecule has 3 N–H and O–H groups in total. The molecular weight excluding hydrogens is 278 g/mol. The molecule has 18 heavy (non-hydrogen) atoms. The molecule has 0 bridgehead atoms. The molecule has 3 nitrogen and oxygen atoms in total. The molecule has 6 heteroatoms. The molecule has 0 aliphatic heterocycles. The summed E-state index contributed by atoms with van der Waals surface area (Å²) in [6.45, 7) is 3.93. The Morgan fingerprint density at radius 1 is 1.39 bits per heavy atom. The molecule has 0 saturated heterocycles. The Morgan fingerprint density at radius 3 is 2.33 bits per heavy atom. The summed E-state index contributed by atoms with van der Waals surface area (Å²) in [6.07, 6.45) is 0.544. The van der Waals surface area contributed by atoms with Gasteiger partial charge in [0.2, 0.25) is 5.91 Å². The van der Waals surface area contributed by atoms with Crippen molar-refractivity contribution < 1.29 is 9.18 Å². The number of anilines is 1. The Labute approximate surface area is 115 Å². The van der Waals surface area contributed by atoms with Gasteiger partial charge in [-0.05, 0) is 24.5 Å². The number of benzene rings is 1. The third kappa shape index (κ3) is 4.12. The van der Waals surface area contributed by atoms with Crippen molar-refractivity contribution in [2.24, 2.45) is 11.7 Å². The summed E-state index contributed by atoms with van der Waals surface area (Å²) >= 11 is 11.6. The van der Waals surface area contributed by atoms with Crippen LogP contribution in [0.25, 0.3) is 0 Å². The van der Waals surface area contributed by atoms with Gasteiger partial charge in [0.05, 0.1) is 21.8 Å². The number of hydrogen-bond acceptors (Lipinski definition) is 2. The van der Waals surface area contributed by atoms with Crippen LogP contribution in [-0.2, 0) is 4.79 Å². The predicted molar refractivity (Wildman–Crippen MR) is 72.5 cm³/mol. The average Bonchev–Trinajstić information content (AvgIpc) is 2.21. The summed E-state index contributed by atoms with van der Waals surface area (Å²) in [5.41, 5.74) is 5.91. The number of carbonyl (C=O) groups is 1. The minimum Gasteiger partial charge on any atom is -0.322 e. The van der Waals surface area contributed by atoms with Gasteiger partial charge < -0.3 is 11.1 Å². The smallest absolute Gasteiger partial charge is 0.241 e. The van der Waals surface area contributed by atoms with E-state index in [1.807, 2.05) is 13.8 Å². The topological polar surface area (TPSA) is 55.1 Å². The van der Waals surface area contributed by atoms with E-state index in [0.717, 1.165) is 12.1 Å². The molecule has 1 atom stereocenters. The molecule has 0 radical (unpaired) electrons. The average molecular weight is 293 g/mol. The summed E-state index contributed by atoms with van der Waals surface area (Å²) in [7, 11) is 0. The van der Waals surface area contributed by atoms with Crippen LogP contribution < -0.4 is 11.1 Å². The van der Waals surface area contributed by atoms with E-state index < -0.39 is 11.9 Å². The van der Waals surface area contributed by atoms with E-state index in [4.69, 9.17) is 28.9 Å². The molecule has 0 heterocycles. The third-order valence-electron chi connectivity index (χ3n) is 2.32. The highest BCUT2D eigenvalue weighted by molar-refractivity contribution is 6.39. The summed E-state index contributed by atoms with van der Waals surface area (Å²) in [4.78, 5) is 11.8. The lowest BCUT2D eigenvalue weighted by atomic mass is 10.0. The second-order valence-corrected chi connectivity index (χ2v) is 5.28. The Bertz CT molecular complexity index is 429. The maximum absolute atomic E-state index is 13.0. The van der Waals surface area contributed by atoms with E-state index in [-0.39, 0.29) is 21.6 Å². The third-order valence-corrected chi connectivity index (χ3v) is 2.91. The molecule has 1 aromatic carbocycles. The van der Waals surface area contributed by atoms with Crippen molar-refractivity contribution in [3.63, 3.8) is 0 Å². The number of nitrogens with one attached hydrogen (secondary N) is 1. The van der Waals surface area contributed by atoms with Gasteiger partial charge in [0.1, 0.15) is 5.82 Å². The molecular formula is C12H15Cl2FN2O. The number of nitrogens with two attached hydrogens (primary N) is 1. The van der Waals surface area contributed by atoms with Gasteiger partial charge in [-0.1, -0.05) is 37.0 Å². The van der Waals surface area contributed by atoms with Gasteiger partial charge in [-0.25, -0.2) is 4.39 Å². The number of rotatable bonds is 4. The monoisotopic (exact) mass is 292 g/mol. The first-order valence-corrected chi connectivity index (χ1v) is 6.27. The fourth-order valence-corrected chi connectivity index (χ4v) is 2.05. The first kappa shape index (κ1) is 15.2. The highest BCUT2D eigenvalue weighted by atomic mass is 35.5. The maximum atomic E-state index is 13.0.